The normalized spacial score (nSPS) is 21.1. The second-order valence-electron chi connectivity index (χ2n) is 3.87. The van der Waals surface area contributed by atoms with Crippen molar-refractivity contribution in [3.8, 4) is 0 Å². The van der Waals surface area contributed by atoms with E-state index < -0.39 is 0 Å². The Morgan fingerprint density at radius 1 is 1.43 bits per heavy atom. The summed E-state index contributed by atoms with van der Waals surface area (Å²) in [6, 6.07) is 6.39. The molecule has 1 nitrogen and oxygen atoms in total. The van der Waals surface area contributed by atoms with E-state index in [-0.39, 0.29) is 0 Å². The topological polar surface area (TPSA) is 12.9 Å². The summed E-state index contributed by atoms with van der Waals surface area (Å²) in [6.45, 7) is 2.16. The molecule has 1 aromatic heterocycles. The maximum atomic E-state index is 4.66. The number of aromatic nitrogens is 1. The van der Waals surface area contributed by atoms with Crippen molar-refractivity contribution in [2.24, 2.45) is 0 Å². The van der Waals surface area contributed by atoms with E-state index in [0.717, 1.165) is 6.42 Å². The first-order valence-corrected chi connectivity index (χ1v) is 5.52. The van der Waals surface area contributed by atoms with Crippen LogP contribution in [-0.2, 0) is 6.42 Å². The average molecular weight is 187 g/mol. The van der Waals surface area contributed by atoms with E-state index in [0.29, 0.717) is 5.92 Å². The predicted molar refractivity (Wildman–Crippen MR) is 59.3 cm³/mol. The maximum Gasteiger partial charge on any atom is 0.0475 e. The quantitative estimate of drug-likeness (QED) is 0.646. The lowest BCUT2D eigenvalue weighted by Crippen LogP contribution is -2.03. The van der Waals surface area contributed by atoms with Gasteiger partial charge in [-0.15, -0.1) is 0 Å². The van der Waals surface area contributed by atoms with Crippen LogP contribution >= 0.6 is 0 Å². The van der Waals surface area contributed by atoms with Crippen molar-refractivity contribution in [2.75, 3.05) is 0 Å². The van der Waals surface area contributed by atoms with Crippen LogP contribution in [-0.4, -0.2) is 4.98 Å². The highest BCUT2D eigenvalue weighted by molar-refractivity contribution is 5.20. The fraction of sp³-hybridized carbons (Fsp3) is 0.462. The van der Waals surface area contributed by atoms with Crippen LogP contribution in [0.4, 0.5) is 0 Å². The molecule has 1 atom stereocenters. The molecule has 0 N–H and O–H groups in total. The Balaban J connectivity index is 2.22. The van der Waals surface area contributed by atoms with Crippen LogP contribution in [0.5, 0.6) is 0 Å². The van der Waals surface area contributed by atoms with Gasteiger partial charge in [0.15, 0.2) is 0 Å². The van der Waals surface area contributed by atoms with Gasteiger partial charge in [-0.25, -0.2) is 0 Å². The van der Waals surface area contributed by atoms with E-state index >= 15 is 0 Å². The Hall–Kier alpha value is -1.11. The first kappa shape index (κ1) is 9.45. The Labute approximate surface area is 85.9 Å². The molecule has 1 aromatic rings. The third-order valence-corrected chi connectivity index (χ3v) is 2.82. The molecule has 1 aliphatic rings. The van der Waals surface area contributed by atoms with Crippen molar-refractivity contribution in [1.29, 1.82) is 0 Å². The summed E-state index contributed by atoms with van der Waals surface area (Å²) in [5.74, 6) is 0.565. The molecule has 0 saturated heterocycles. The summed E-state index contributed by atoms with van der Waals surface area (Å²) in [5.41, 5.74) is 2.46. The molecule has 0 saturated carbocycles. The monoisotopic (exact) mass is 187 g/mol. The van der Waals surface area contributed by atoms with Gasteiger partial charge in [-0.3, -0.25) is 4.98 Å². The third kappa shape index (κ3) is 2.03. The minimum absolute atomic E-state index is 0.565. The standard InChI is InChI=1S/C13H17N/c1-2-12-9-6-10-13(14-12)11-7-4-3-5-8-11/h4,6-7,9-11H,2-3,5,8H2,1H3. The number of pyridine rings is 1. The molecule has 0 radical (unpaired) electrons. The van der Waals surface area contributed by atoms with Crippen molar-refractivity contribution < 1.29 is 0 Å². The highest BCUT2D eigenvalue weighted by atomic mass is 14.7. The second-order valence-corrected chi connectivity index (χ2v) is 3.87. The van der Waals surface area contributed by atoms with Gasteiger partial charge in [-0.2, -0.15) is 0 Å². The molecule has 0 spiro atoms. The van der Waals surface area contributed by atoms with Crippen molar-refractivity contribution >= 4 is 0 Å². The van der Waals surface area contributed by atoms with E-state index in [1.165, 1.54) is 30.7 Å². The summed E-state index contributed by atoms with van der Waals surface area (Å²) in [7, 11) is 0. The van der Waals surface area contributed by atoms with Crippen LogP contribution in [0.3, 0.4) is 0 Å². The van der Waals surface area contributed by atoms with Gasteiger partial charge >= 0.3 is 0 Å². The molecule has 0 fully saturated rings. The van der Waals surface area contributed by atoms with Crippen LogP contribution in [0.15, 0.2) is 30.4 Å². The SMILES string of the molecule is CCc1cccc(C2C=CCCC2)n1. The minimum Gasteiger partial charge on any atom is -0.257 e. The van der Waals surface area contributed by atoms with Crippen LogP contribution in [0.2, 0.25) is 0 Å². The zero-order chi connectivity index (χ0) is 9.80. The van der Waals surface area contributed by atoms with Crippen molar-refractivity contribution in [3.05, 3.63) is 41.7 Å². The third-order valence-electron chi connectivity index (χ3n) is 2.82. The van der Waals surface area contributed by atoms with E-state index in [2.05, 4.69) is 42.3 Å². The molecule has 1 heterocycles. The second kappa shape index (κ2) is 4.41. The van der Waals surface area contributed by atoms with E-state index in [4.69, 9.17) is 0 Å². The van der Waals surface area contributed by atoms with Gasteiger partial charge in [-0.1, -0.05) is 25.1 Å². The number of hydrogen-bond donors (Lipinski definition) is 0. The van der Waals surface area contributed by atoms with Gasteiger partial charge in [0.25, 0.3) is 0 Å². The molecule has 2 rings (SSSR count). The molecule has 1 aliphatic carbocycles. The Morgan fingerprint density at radius 2 is 2.36 bits per heavy atom. The van der Waals surface area contributed by atoms with Gasteiger partial charge < -0.3 is 0 Å². The Morgan fingerprint density at radius 3 is 3.07 bits per heavy atom. The number of allylic oxidation sites excluding steroid dienone is 2. The van der Waals surface area contributed by atoms with Gasteiger partial charge in [-0.05, 0) is 37.8 Å². The first-order chi connectivity index (χ1) is 6.90. The zero-order valence-electron chi connectivity index (χ0n) is 8.74. The summed E-state index contributed by atoms with van der Waals surface area (Å²) >= 11 is 0. The molecular formula is C13H17N. The van der Waals surface area contributed by atoms with Gasteiger partial charge in [0.1, 0.15) is 0 Å². The van der Waals surface area contributed by atoms with Gasteiger partial charge in [0.2, 0.25) is 0 Å². The van der Waals surface area contributed by atoms with Crippen LogP contribution in [0.25, 0.3) is 0 Å². The Bertz CT molecular complexity index is 328. The molecule has 0 aliphatic heterocycles. The molecule has 1 heteroatoms. The number of nitrogens with zero attached hydrogens (tertiary/aromatic N) is 1. The smallest absolute Gasteiger partial charge is 0.0475 e. The summed E-state index contributed by atoms with van der Waals surface area (Å²) in [4.78, 5) is 4.66. The minimum atomic E-state index is 0.565. The van der Waals surface area contributed by atoms with Crippen molar-refractivity contribution in [1.82, 2.24) is 4.98 Å². The molecule has 1 unspecified atom stereocenters. The van der Waals surface area contributed by atoms with Crippen LogP contribution in [0.1, 0.15) is 43.5 Å². The van der Waals surface area contributed by atoms with Gasteiger partial charge in [0, 0.05) is 17.3 Å². The predicted octanol–water partition coefficient (Wildman–Crippen LogP) is 3.47. The Kier molecular flexibility index (Phi) is 2.97. The number of hydrogen-bond acceptors (Lipinski definition) is 1. The molecule has 14 heavy (non-hydrogen) atoms. The molecule has 0 aromatic carbocycles. The summed E-state index contributed by atoms with van der Waals surface area (Å²) < 4.78 is 0. The lowest BCUT2D eigenvalue weighted by atomic mass is 9.92. The van der Waals surface area contributed by atoms with Crippen molar-refractivity contribution in [2.45, 2.75) is 38.5 Å². The van der Waals surface area contributed by atoms with Crippen LogP contribution in [0, 0.1) is 0 Å². The highest BCUT2D eigenvalue weighted by Crippen LogP contribution is 2.26. The van der Waals surface area contributed by atoms with Gasteiger partial charge in [0.05, 0.1) is 0 Å². The van der Waals surface area contributed by atoms with E-state index in [1.54, 1.807) is 0 Å². The fourth-order valence-electron chi connectivity index (χ4n) is 1.96. The number of aryl methyl sites for hydroxylation is 1. The fourth-order valence-corrected chi connectivity index (χ4v) is 1.96. The lowest BCUT2D eigenvalue weighted by molar-refractivity contribution is 0.639. The first-order valence-electron chi connectivity index (χ1n) is 5.52. The zero-order valence-corrected chi connectivity index (χ0v) is 8.74. The highest BCUT2D eigenvalue weighted by Gasteiger charge is 2.11. The number of rotatable bonds is 2. The largest absolute Gasteiger partial charge is 0.257 e. The molecule has 0 amide bonds. The van der Waals surface area contributed by atoms with E-state index in [1.807, 2.05) is 0 Å². The molecule has 0 bridgehead atoms. The van der Waals surface area contributed by atoms with E-state index in [9.17, 15) is 0 Å². The molecule has 74 valence electrons. The van der Waals surface area contributed by atoms with Crippen LogP contribution < -0.4 is 0 Å². The molecular weight excluding hydrogens is 170 g/mol. The lowest BCUT2D eigenvalue weighted by Gasteiger charge is -2.16. The van der Waals surface area contributed by atoms with Crippen molar-refractivity contribution in [3.63, 3.8) is 0 Å². The maximum absolute atomic E-state index is 4.66. The summed E-state index contributed by atoms with van der Waals surface area (Å²) in [6.07, 6.45) is 9.43. The average Bonchev–Trinajstić information content (AvgIpc) is 2.30. The summed E-state index contributed by atoms with van der Waals surface area (Å²) in [5, 5.41) is 0.